The molecule has 1 aliphatic carbocycles. The second-order valence-electron chi connectivity index (χ2n) is 4.87. The lowest BCUT2D eigenvalue weighted by Gasteiger charge is -2.10. The van der Waals surface area contributed by atoms with Crippen LogP contribution < -0.4 is 0 Å². The van der Waals surface area contributed by atoms with E-state index in [2.05, 4.69) is 0 Å². The topological polar surface area (TPSA) is 37.3 Å². The highest BCUT2D eigenvalue weighted by molar-refractivity contribution is 5.75. The molecule has 1 fully saturated rings. The van der Waals surface area contributed by atoms with Crippen LogP contribution in [0, 0.1) is 5.92 Å². The predicted octanol–water partition coefficient (Wildman–Crippen LogP) is 3.26. The molecule has 0 radical (unpaired) electrons. The second kappa shape index (κ2) is 4.69. The van der Waals surface area contributed by atoms with Crippen molar-refractivity contribution in [3.05, 3.63) is 29.8 Å². The molecule has 1 saturated carbocycles. The van der Waals surface area contributed by atoms with E-state index >= 15 is 0 Å². The van der Waals surface area contributed by atoms with E-state index in [-0.39, 0.29) is 0 Å². The molecule has 2 rings (SSSR count). The van der Waals surface area contributed by atoms with Crippen LogP contribution in [-0.4, -0.2) is 10.9 Å². The predicted molar refractivity (Wildman–Crippen MR) is 63.5 cm³/mol. The molecule has 2 nitrogen and oxygen atoms in total. The Bertz CT molecular complexity index is 367. The molecule has 0 heterocycles. The molecule has 2 atom stereocenters. The van der Waals surface area contributed by atoms with Gasteiger partial charge in [0, 0.05) is 6.42 Å². The number of phenols is 1. The van der Waals surface area contributed by atoms with Gasteiger partial charge >= 0.3 is 0 Å². The van der Waals surface area contributed by atoms with Crippen molar-refractivity contribution < 1.29 is 9.90 Å². The van der Waals surface area contributed by atoms with Gasteiger partial charge < -0.3 is 9.90 Å². The third-order valence-electron chi connectivity index (χ3n) is 3.48. The molecule has 1 aromatic rings. The minimum atomic E-state index is 0.302. The van der Waals surface area contributed by atoms with Gasteiger partial charge in [0.15, 0.2) is 0 Å². The molecule has 0 spiro atoms. The minimum absolute atomic E-state index is 0.302. The van der Waals surface area contributed by atoms with Crippen molar-refractivity contribution in [2.24, 2.45) is 5.92 Å². The van der Waals surface area contributed by atoms with Crippen LogP contribution in [0.4, 0.5) is 0 Å². The van der Waals surface area contributed by atoms with Crippen LogP contribution in [0.3, 0.4) is 0 Å². The van der Waals surface area contributed by atoms with Gasteiger partial charge in [-0.15, -0.1) is 0 Å². The number of hydrogen-bond donors (Lipinski definition) is 1. The average Bonchev–Trinajstić information content (AvgIpc) is 2.66. The lowest BCUT2D eigenvalue weighted by molar-refractivity contribution is -0.117. The maximum atomic E-state index is 11.1. The molecule has 2 unspecified atom stereocenters. The zero-order chi connectivity index (χ0) is 11.5. The fourth-order valence-corrected chi connectivity index (χ4v) is 2.72. The van der Waals surface area contributed by atoms with Crippen LogP contribution >= 0.6 is 0 Å². The van der Waals surface area contributed by atoms with Gasteiger partial charge in [0.25, 0.3) is 0 Å². The standard InChI is InChI=1S/C14H18O2/c1-10(15)8-11-2-3-13(9-11)12-4-6-14(16)7-5-12/h4-7,11,13,16H,2-3,8-9H2,1H3. The molecule has 0 amide bonds. The van der Waals surface area contributed by atoms with E-state index in [0.717, 1.165) is 19.3 Å². The van der Waals surface area contributed by atoms with E-state index in [1.807, 2.05) is 12.1 Å². The van der Waals surface area contributed by atoms with Gasteiger partial charge in [0.1, 0.15) is 11.5 Å². The van der Waals surface area contributed by atoms with Crippen molar-refractivity contribution in [3.8, 4) is 5.75 Å². The van der Waals surface area contributed by atoms with Crippen LogP contribution in [-0.2, 0) is 4.79 Å². The molecular formula is C14H18O2. The summed E-state index contributed by atoms with van der Waals surface area (Å²) in [4.78, 5) is 11.1. The summed E-state index contributed by atoms with van der Waals surface area (Å²) in [5, 5.41) is 9.23. The minimum Gasteiger partial charge on any atom is -0.508 e. The normalized spacial score (nSPS) is 24.6. The molecule has 1 N–H and O–H groups in total. The number of ketones is 1. The lowest BCUT2D eigenvalue weighted by Crippen LogP contribution is -2.01. The van der Waals surface area contributed by atoms with Gasteiger partial charge in [-0.05, 0) is 55.7 Å². The number of hydrogen-bond acceptors (Lipinski definition) is 2. The van der Waals surface area contributed by atoms with Crippen molar-refractivity contribution in [3.63, 3.8) is 0 Å². The first-order chi connectivity index (χ1) is 7.65. The molecule has 0 aliphatic heterocycles. The zero-order valence-electron chi connectivity index (χ0n) is 9.65. The van der Waals surface area contributed by atoms with Crippen molar-refractivity contribution in [1.29, 1.82) is 0 Å². The van der Waals surface area contributed by atoms with Gasteiger partial charge in [0.05, 0.1) is 0 Å². The Hall–Kier alpha value is -1.31. The largest absolute Gasteiger partial charge is 0.508 e. The summed E-state index contributed by atoms with van der Waals surface area (Å²) in [6.45, 7) is 1.67. The van der Waals surface area contributed by atoms with Crippen molar-refractivity contribution in [1.82, 2.24) is 0 Å². The van der Waals surface area contributed by atoms with E-state index in [4.69, 9.17) is 0 Å². The first-order valence-corrected chi connectivity index (χ1v) is 5.93. The summed E-state index contributed by atoms with van der Waals surface area (Å²) in [6.07, 6.45) is 4.17. The van der Waals surface area contributed by atoms with Crippen LogP contribution in [0.2, 0.25) is 0 Å². The molecular weight excluding hydrogens is 200 g/mol. The highest BCUT2D eigenvalue weighted by Gasteiger charge is 2.26. The smallest absolute Gasteiger partial charge is 0.130 e. The number of phenolic OH excluding ortho intramolecular Hbond substituents is 1. The maximum Gasteiger partial charge on any atom is 0.130 e. The average molecular weight is 218 g/mol. The molecule has 86 valence electrons. The fourth-order valence-electron chi connectivity index (χ4n) is 2.72. The Morgan fingerprint density at radius 1 is 1.31 bits per heavy atom. The molecule has 2 heteroatoms. The van der Waals surface area contributed by atoms with Crippen LogP contribution in [0.25, 0.3) is 0 Å². The Kier molecular flexibility index (Phi) is 3.28. The highest BCUT2D eigenvalue weighted by atomic mass is 16.3. The molecule has 16 heavy (non-hydrogen) atoms. The molecule has 1 aliphatic rings. The summed E-state index contributed by atoms with van der Waals surface area (Å²) in [5.41, 5.74) is 1.30. The Morgan fingerprint density at radius 2 is 2.00 bits per heavy atom. The summed E-state index contributed by atoms with van der Waals surface area (Å²) in [6, 6.07) is 7.48. The van der Waals surface area contributed by atoms with E-state index in [1.165, 1.54) is 12.0 Å². The van der Waals surface area contributed by atoms with Crippen molar-refractivity contribution >= 4 is 5.78 Å². The maximum absolute atomic E-state index is 11.1. The number of Topliss-reactive ketones (excluding diaryl/α,β-unsaturated/α-hetero) is 1. The summed E-state index contributed by atoms with van der Waals surface area (Å²) >= 11 is 0. The Balaban J connectivity index is 1.98. The summed E-state index contributed by atoms with van der Waals surface area (Å²) < 4.78 is 0. The third-order valence-corrected chi connectivity index (χ3v) is 3.48. The first kappa shape index (κ1) is 11.2. The fraction of sp³-hybridized carbons (Fsp3) is 0.500. The van der Waals surface area contributed by atoms with Gasteiger partial charge in [-0.25, -0.2) is 0 Å². The number of carbonyl (C=O) groups excluding carboxylic acids is 1. The summed E-state index contributed by atoms with van der Waals surface area (Å²) in [7, 11) is 0. The number of aromatic hydroxyl groups is 1. The number of rotatable bonds is 3. The van der Waals surface area contributed by atoms with Crippen molar-refractivity contribution in [2.75, 3.05) is 0 Å². The van der Waals surface area contributed by atoms with Gasteiger partial charge in [-0.3, -0.25) is 0 Å². The SMILES string of the molecule is CC(=O)CC1CCC(c2ccc(O)cc2)C1. The number of benzene rings is 1. The third kappa shape index (κ3) is 2.63. The molecule has 0 saturated heterocycles. The Morgan fingerprint density at radius 3 is 2.62 bits per heavy atom. The van der Waals surface area contributed by atoms with E-state index < -0.39 is 0 Å². The Labute approximate surface area is 96.3 Å². The molecule has 1 aromatic carbocycles. The van der Waals surface area contributed by atoms with Crippen molar-refractivity contribution in [2.45, 2.75) is 38.5 Å². The van der Waals surface area contributed by atoms with Crippen LogP contribution in [0.5, 0.6) is 5.75 Å². The van der Waals surface area contributed by atoms with E-state index in [0.29, 0.717) is 23.4 Å². The van der Waals surface area contributed by atoms with Crippen LogP contribution in [0.15, 0.2) is 24.3 Å². The van der Waals surface area contributed by atoms with E-state index in [9.17, 15) is 9.90 Å². The number of carbonyl (C=O) groups is 1. The zero-order valence-corrected chi connectivity index (χ0v) is 9.65. The quantitative estimate of drug-likeness (QED) is 0.845. The van der Waals surface area contributed by atoms with Gasteiger partial charge in [-0.2, -0.15) is 0 Å². The first-order valence-electron chi connectivity index (χ1n) is 5.93. The lowest BCUT2D eigenvalue weighted by atomic mass is 9.95. The van der Waals surface area contributed by atoms with Crippen LogP contribution in [0.1, 0.15) is 44.1 Å². The second-order valence-corrected chi connectivity index (χ2v) is 4.87. The highest BCUT2D eigenvalue weighted by Crippen LogP contribution is 2.40. The van der Waals surface area contributed by atoms with E-state index in [1.54, 1.807) is 19.1 Å². The summed E-state index contributed by atoms with van der Waals surface area (Å²) in [5.74, 6) is 1.76. The monoisotopic (exact) mass is 218 g/mol. The van der Waals surface area contributed by atoms with Gasteiger partial charge in [-0.1, -0.05) is 12.1 Å². The molecule has 0 aromatic heterocycles. The van der Waals surface area contributed by atoms with Gasteiger partial charge in [0.2, 0.25) is 0 Å². The molecule has 0 bridgehead atoms.